The van der Waals surface area contributed by atoms with Crippen molar-refractivity contribution in [1.82, 2.24) is 74.0 Å². The van der Waals surface area contributed by atoms with E-state index in [0.29, 0.717) is 31.2 Å². The summed E-state index contributed by atoms with van der Waals surface area (Å²) in [5.41, 5.74) is 22.8. The standard InChI is InChI=1S/C62H104N21O14S2/c1-6-34(3)49(81-53(91)41(22-15-25-71-61(66)67)76-47(86)30-73-46(85)29-74-51(89)36(5)75-56(94)45(33-99)80-52(90)40(63)21-14-24-70-60(64)65)57(95)78-43(28-48(87)88)55(93)77-42(23-16-26-72-62(68)69)54(92)82-50(35(4)7-2)58(96)79-44(27-37-17-10-8-11-18-37)59(97)83(39(31-84)32-98)38-19-12-9-13-20-38/h8,10-11,17-18,34-36,38-45,49-50,98-99H,6-7,9,12-16,19-30,32-33,63H2,1-5H3,(H,73,85)(H,74,89)(H,75,94)(H,76,86)(H,77,93)(H,78,95)(H,79,96)(H,80,90)(H,81,91)(H,82,92)(H,87,88)(H4,64,65,70)(H4,66,67,71)(H4,68,69,72)/t34-,35-,36-,39+,40-,41-,42-,43-,44-,45-,49-,50-/m0/s1. The lowest BCUT2D eigenvalue weighted by Crippen LogP contribution is -2.62. The SMILES string of the molecule is CC[C@H](C)[C@H](NC(=O)[C@H](CCCNC(=N)N)NC(=O)CNC(=O)CNC(=O)[C@H](C)NC(=O)[C@H](CS)NC(=O)[C@@H](N)CCCNC(=N)N)C(=O)N[C@@H](CC(=O)O)C(=O)N[C@@H](CCCNC(=N)N)C(=O)N[C@H](C(=O)N[C@@H](Cc1ccccc1)C(=O)N(C1CCCCC1)[C@H]([C]=O)CS)[C@@H](C)CC. The van der Waals surface area contributed by atoms with Crippen molar-refractivity contribution in [2.24, 2.45) is 34.8 Å². The Morgan fingerprint density at radius 1 is 0.545 bits per heavy atom. The number of amides is 11. The van der Waals surface area contributed by atoms with Gasteiger partial charge in [-0.05, 0) is 75.7 Å². The second-order valence-corrected chi connectivity index (χ2v) is 24.9. The first-order chi connectivity index (χ1) is 46.9. The van der Waals surface area contributed by atoms with E-state index in [9.17, 15) is 67.4 Å². The maximum Gasteiger partial charge on any atom is 0.305 e. The first-order valence-electron chi connectivity index (χ1n) is 33.0. The molecule has 1 radical (unpaired) electrons. The van der Waals surface area contributed by atoms with Crippen molar-refractivity contribution in [3.8, 4) is 0 Å². The lowest BCUT2D eigenvalue weighted by Gasteiger charge is -2.39. The van der Waals surface area contributed by atoms with Crippen molar-refractivity contribution in [1.29, 1.82) is 16.2 Å². The van der Waals surface area contributed by atoms with Gasteiger partial charge in [-0.15, -0.1) is 0 Å². The smallest absolute Gasteiger partial charge is 0.305 e. The largest absolute Gasteiger partial charge is 0.481 e. The van der Waals surface area contributed by atoms with Crippen LogP contribution in [0.1, 0.15) is 130 Å². The summed E-state index contributed by atoms with van der Waals surface area (Å²) in [5, 5.41) is 65.2. The number of rotatable bonds is 46. The Bertz CT molecular complexity index is 2900. The van der Waals surface area contributed by atoms with Crippen molar-refractivity contribution in [3.63, 3.8) is 0 Å². The molecular formula is C62H104N21O14S2. The van der Waals surface area contributed by atoms with Crippen LogP contribution in [0.3, 0.4) is 0 Å². The first-order valence-corrected chi connectivity index (χ1v) is 34.3. The Labute approximate surface area is 587 Å². The minimum atomic E-state index is -1.92. The van der Waals surface area contributed by atoms with Crippen molar-refractivity contribution < 1.29 is 67.4 Å². The molecule has 37 heteroatoms. The molecule has 0 heterocycles. The summed E-state index contributed by atoms with van der Waals surface area (Å²) in [6.07, 6.45) is 5.60. The van der Waals surface area contributed by atoms with Gasteiger partial charge in [-0.1, -0.05) is 90.1 Å². The molecule has 1 aromatic carbocycles. The monoisotopic (exact) mass is 1430 g/mol. The van der Waals surface area contributed by atoms with Crippen LogP contribution >= 0.6 is 25.3 Å². The lowest BCUT2D eigenvalue weighted by molar-refractivity contribution is -0.142. The molecule has 2 rings (SSSR count). The molecule has 25 N–H and O–H groups in total. The number of carboxylic acid groups (broad SMARTS) is 1. The van der Waals surface area contributed by atoms with Crippen LogP contribution in [0.4, 0.5) is 0 Å². The summed E-state index contributed by atoms with van der Waals surface area (Å²) in [5.74, 6) is -13.7. The molecule has 1 fully saturated rings. The molecule has 11 amide bonds. The summed E-state index contributed by atoms with van der Waals surface area (Å²) in [7, 11) is 0. The van der Waals surface area contributed by atoms with E-state index in [1.165, 1.54) is 11.8 Å². The van der Waals surface area contributed by atoms with Crippen LogP contribution in [0.5, 0.6) is 0 Å². The number of benzene rings is 1. The van der Waals surface area contributed by atoms with Crippen LogP contribution < -0.4 is 92.1 Å². The third-order valence-corrected chi connectivity index (χ3v) is 17.1. The van der Waals surface area contributed by atoms with Crippen LogP contribution in [0.2, 0.25) is 0 Å². The molecule has 12 atom stereocenters. The van der Waals surface area contributed by atoms with E-state index in [1.54, 1.807) is 58.0 Å². The molecule has 99 heavy (non-hydrogen) atoms. The molecule has 1 saturated carbocycles. The summed E-state index contributed by atoms with van der Waals surface area (Å²) in [6, 6.07) is -5.00. The lowest BCUT2D eigenvalue weighted by atomic mass is 9.92. The Balaban J connectivity index is 2.36. The van der Waals surface area contributed by atoms with E-state index >= 15 is 0 Å². The Hall–Kier alpha value is -9.00. The number of aliphatic carboxylic acids is 1. The molecule has 1 aromatic rings. The maximum atomic E-state index is 14.8. The van der Waals surface area contributed by atoms with Crippen molar-refractivity contribution in [3.05, 3.63) is 35.9 Å². The molecule has 553 valence electrons. The normalized spacial score (nSPS) is 15.6. The van der Waals surface area contributed by atoms with Gasteiger partial charge in [0.05, 0.1) is 25.6 Å². The third kappa shape index (κ3) is 32.5. The molecular weight excluding hydrogens is 1330 g/mol. The number of hydrogen-bond donors (Lipinski definition) is 23. The van der Waals surface area contributed by atoms with E-state index in [1.807, 2.05) is 6.29 Å². The number of guanidine groups is 3. The number of nitrogens with two attached hydrogens (primary N) is 4. The van der Waals surface area contributed by atoms with Crippen LogP contribution in [0.25, 0.3) is 0 Å². The quantitative estimate of drug-likeness (QED) is 0.0127. The second-order valence-electron chi connectivity index (χ2n) is 24.2. The summed E-state index contributed by atoms with van der Waals surface area (Å²) >= 11 is 8.48. The number of carbonyl (C=O) groups is 12. The minimum absolute atomic E-state index is 0.000394. The van der Waals surface area contributed by atoms with Crippen LogP contribution in [0, 0.1) is 28.1 Å². The van der Waals surface area contributed by atoms with E-state index in [-0.39, 0.29) is 88.1 Å². The number of carboxylic acids is 1. The van der Waals surface area contributed by atoms with Gasteiger partial charge in [0.15, 0.2) is 17.9 Å². The van der Waals surface area contributed by atoms with Gasteiger partial charge >= 0.3 is 5.97 Å². The van der Waals surface area contributed by atoms with Crippen LogP contribution in [-0.4, -0.2) is 216 Å². The number of nitrogens with zero attached hydrogens (tertiary/aromatic N) is 1. The van der Waals surface area contributed by atoms with Gasteiger partial charge in [0.1, 0.15) is 54.4 Å². The topological polar surface area (TPSA) is 577 Å². The highest BCUT2D eigenvalue weighted by atomic mass is 32.1. The zero-order valence-electron chi connectivity index (χ0n) is 56.9. The molecule has 0 aliphatic heterocycles. The molecule has 1 aliphatic carbocycles. The van der Waals surface area contributed by atoms with Crippen molar-refractivity contribution in [2.75, 3.05) is 44.2 Å². The predicted molar refractivity (Wildman–Crippen MR) is 375 cm³/mol. The zero-order chi connectivity index (χ0) is 74.3. The van der Waals surface area contributed by atoms with E-state index in [2.05, 4.69) is 94.4 Å². The number of thiol groups is 2. The van der Waals surface area contributed by atoms with E-state index in [4.69, 9.17) is 39.2 Å². The number of hydrogen-bond acceptors (Lipinski definition) is 19. The fourth-order valence-electron chi connectivity index (χ4n) is 10.4. The van der Waals surface area contributed by atoms with Crippen molar-refractivity contribution >= 4 is 120 Å². The molecule has 0 unspecified atom stereocenters. The zero-order valence-corrected chi connectivity index (χ0v) is 58.6. The van der Waals surface area contributed by atoms with Gasteiger partial charge in [-0.3, -0.25) is 78.6 Å². The Morgan fingerprint density at radius 3 is 1.47 bits per heavy atom. The highest BCUT2D eigenvalue weighted by molar-refractivity contribution is 7.80. The first kappa shape index (κ1) is 86.1. The van der Waals surface area contributed by atoms with Gasteiger partial charge in [0.2, 0.25) is 71.3 Å². The fraction of sp³-hybridized carbons (Fsp3) is 0.645. The molecule has 0 aromatic heterocycles. The van der Waals surface area contributed by atoms with Gasteiger partial charge in [-0.25, -0.2) is 0 Å². The van der Waals surface area contributed by atoms with Crippen LogP contribution in [0.15, 0.2) is 30.3 Å². The van der Waals surface area contributed by atoms with Gasteiger partial charge in [-0.2, -0.15) is 25.3 Å². The average molecular weight is 1430 g/mol. The van der Waals surface area contributed by atoms with E-state index in [0.717, 1.165) is 19.3 Å². The minimum Gasteiger partial charge on any atom is -0.481 e. The predicted octanol–water partition coefficient (Wildman–Crippen LogP) is -4.46. The van der Waals surface area contributed by atoms with Gasteiger partial charge in [0.25, 0.3) is 0 Å². The molecule has 0 saturated heterocycles. The highest BCUT2D eigenvalue weighted by Crippen LogP contribution is 2.26. The molecule has 1 aliphatic rings. The number of nitrogens with one attached hydrogen (secondary N) is 16. The molecule has 0 spiro atoms. The Morgan fingerprint density at radius 2 is 1.00 bits per heavy atom. The highest BCUT2D eigenvalue weighted by Gasteiger charge is 2.40. The summed E-state index contributed by atoms with van der Waals surface area (Å²) in [4.78, 5) is 178. The number of carbonyl (C=O) groups excluding carboxylic acids is 12. The van der Waals surface area contributed by atoms with Crippen LogP contribution in [-0.2, 0) is 68.7 Å². The Kier molecular flexibility index (Phi) is 40.3. The maximum absolute atomic E-state index is 14.8. The van der Waals surface area contributed by atoms with Gasteiger partial charge < -0.3 is 102 Å². The summed E-state index contributed by atoms with van der Waals surface area (Å²) in [6.45, 7) is 6.89. The molecule has 35 nitrogen and oxygen atoms in total. The second kappa shape index (κ2) is 46.3. The average Bonchev–Trinajstić information content (AvgIpc) is 0.824. The van der Waals surface area contributed by atoms with E-state index < -0.39 is 175 Å². The van der Waals surface area contributed by atoms with Crippen molar-refractivity contribution in [2.45, 2.75) is 197 Å². The van der Waals surface area contributed by atoms with Gasteiger partial charge in [0, 0.05) is 43.6 Å². The molecule has 0 bridgehead atoms. The fourth-order valence-corrected chi connectivity index (χ4v) is 10.9. The summed E-state index contributed by atoms with van der Waals surface area (Å²) < 4.78 is 0. The third-order valence-electron chi connectivity index (χ3n) is 16.4.